The SMILES string of the molecule is C=CNCN(CNC=C)C(=S)NCCN(CCNC(C)=S)CCNC(C)=S. The normalized spacial score (nSPS) is 9.89. The van der Waals surface area contributed by atoms with Gasteiger partial charge < -0.3 is 31.5 Å². The third-order valence-electron chi connectivity index (χ3n) is 3.45. The van der Waals surface area contributed by atoms with Crippen LogP contribution >= 0.6 is 36.7 Å². The molecule has 0 fully saturated rings. The van der Waals surface area contributed by atoms with E-state index in [4.69, 9.17) is 36.7 Å². The Morgan fingerprint density at radius 2 is 1.19 bits per heavy atom. The molecule has 10 heteroatoms. The highest BCUT2D eigenvalue weighted by Gasteiger charge is 2.09. The van der Waals surface area contributed by atoms with Gasteiger partial charge in [-0.3, -0.25) is 4.90 Å². The van der Waals surface area contributed by atoms with Crippen LogP contribution in [0.4, 0.5) is 0 Å². The Balaban J connectivity index is 4.42. The molecule has 0 atom stereocenters. The van der Waals surface area contributed by atoms with E-state index in [0.29, 0.717) is 18.4 Å². The topological polar surface area (TPSA) is 66.6 Å². The molecule has 0 unspecified atom stereocenters. The fourth-order valence-electron chi connectivity index (χ4n) is 2.10. The Labute approximate surface area is 180 Å². The first kappa shape index (κ1) is 25.5. The average Bonchev–Trinajstić information content (AvgIpc) is 2.60. The maximum Gasteiger partial charge on any atom is 0.171 e. The third kappa shape index (κ3) is 15.3. The number of thiocarbonyl (C=S) groups is 3. The van der Waals surface area contributed by atoms with Crippen molar-refractivity contribution >= 4 is 51.7 Å². The van der Waals surface area contributed by atoms with E-state index >= 15 is 0 Å². The molecule has 0 spiro atoms. The molecule has 0 amide bonds. The lowest BCUT2D eigenvalue weighted by atomic mass is 10.4. The molecule has 5 N–H and O–H groups in total. The maximum atomic E-state index is 5.49. The molecule has 0 rings (SSSR count). The first-order valence-corrected chi connectivity index (χ1v) is 10.1. The maximum absolute atomic E-state index is 5.49. The number of hydrogen-bond acceptors (Lipinski definition) is 6. The Bertz CT molecular complexity index is 453. The Morgan fingerprint density at radius 1 is 0.778 bits per heavy atom. The van der Waals surface area contributed by atoms with Crippen molar-refractivity contribution in [3.8, 4) is 0 Å². The largest absolute Gasteiger partial charge is 0.379 e. The van der Waals surface area contributed by atoms with Gasteiger partial charge in [0.15, 0.2) is 5.11 Å². The molecule has 0 bridgehead atoms. The van der Waals surface area contributed by atoms with E-state index in [-0.39, 0.29) is 0 Å². The zero-order chi connectivity index (χ0) is 20.5. The number of nitrogens with zero attached hydrogens (tertiary/aromatic N) is 2. The fraction of sp³-hybridized carbons (Fsp3) is 0.588. The van der Waals surface area contributed by atoms with E-state index < -0.39 is 0 Å². The van der Waals surface area contributed by atoms with E-state index in [9.17, 15) is 0 Å². The molecule has 0 aromatic heterocycles. The molecular formula is C17H33N7S3. The van der Waals surface area contributed by atoms with Crippen LogP contribution in [0.15, 0.2) is 25.6 Å². The van der Waals surface area contributed by atoms with Crippen LogP contribution in [0.3, 0.4) is 0 Å². The highest BCUT2D eigenvalue weighted by atomic mass is 32.1. The quantitative estimate of drug-likeness (QED) is 0.189. The van der Waals surface area contributed by atoms with Gasteiger partial charge in [0.05, 0.1) is 23.3 Å². The van der Waals surface area contributed by atoms with E-state index in [1.807, 2.05) is 18.7 Å². The summed E-state index contributed by atoms with van der Waals surface area (Å²) < 4.78 is 0. The van der Waals surface area contributed by atoms with E-state index in [2.05, 4.69) is 44.6 Å². The van der Waals surface area contributed by atoms with Crippen LogP contribution < -0.4 is 26.6 Å². The van der Waals surface area contributed by atoms with Gasteiger partial charge in [-0.15, -0.1) is 0 Å². The summed E-state index contributed by atoms with van der Waals surface area (Å²) in [5.41, 5.74) is 0. The third-order valence-corrected chi connectivity index (χ3v) is 4.14. The van der Waals surface area contributed by atoms with Gasteiger partial charge in [-0.1, -0.05) is 37.6 Å². The second-order valence-electron chi connectivity index (χ2n) is 5.71. The highest BCUT2D eigenvalue weighted by Crippen LogP contribution is 1.90. The van der Waals surface area contributed by atoms with Gasteiger partial charge in [0.2, 0.25) is 0 Å². The minimum Gasteiger partial charge on any atom is -0.379 e. The molecule has 7 nitrogen and oxygen atoms in total. The lowest BCUT2D eigenvalue weighted by molar-refractivity contribution is 0.284. The summed E-state index contributed by atoms with van der Waals surface area (Å²) in [7, 11) is 0. The molecular weight excluding hydrogens is 398 g/mol. The van der Waals surface area contributed by atoms with Crippen LogP contribution in [0.1, 0.15) is 13.8 Å². The molecule has 0 radical (unpaired) electrons. The Morgan fingerprint density at radius 3 is 1.56 bits per heavy atom. The number of nitrogens with one attached hydrogen (secondary N) is 5. The van der Waals surface area contributed by atoms with Gasteiger partial charge in [0, 0.05) is 39.3 Å². The van der Waals surface area contributed by atoms with Gasteiger partial charge in [-0.2, -0.15) is 0 Å². The van der Waals surface area contributed by atoms with E-state index in [1.54, 1.807) is 12.4 Å². The summed E-state index contributed by atoms with van der Waals surface area (Å²) in [6, 6.07) is 0. The van der Waals surface area contributed by atoms with Gasteiger partial charge in [0.25, 0.3) is 0 Å². The minimum absolute atomic E-state index is 0.565. The molecule has 0 heterocycles. The summed E-state index contributed by atoms with van der Waals surface area (Å²) in [5.74, 6) is 0. The summed E-state index contributed by atoms with van der Waals surface area (Å²) in [6.45, 7) is 17.2. The molecule has 27 heavy (non-hydrogen) atoms. The second kappa shape index (κ2) is 16.7. The van der Waals surface area contributed by atoms with Gasteiger partial charge >= 0.3 is 0 Å². The predicted molar refractivity (Wildman–Crippen MR) is 128 cm³/mol. The summed E-state index contributed by atoms with van der Waals surface area (Å²) in [6.07, 6.45) is 3.28. The van der Waals surface area contributed by atoms with Crippen molar-refractivity contribution in [2.45, 2.75) is 13.8 Å². The number of rotatable bonds is 15. The van der Waals surface area contributed by atoms with Crippen molar-refractivity contribution in [3.05, 3.63) is 25.6 Å². The van der Waals surface area contributed by atoms with Crippen LogP contribution in [0.2, 0.25) is 0 Å². The zero-order valence-electron chi connectivity index (χ0n) is 16.3. The molecule has 0 saturated heterocycles. The monoisotopic (exact) mass is 431 g/mol. The van der Waals surface area contributed by atoms with Crippen molar-refractivity contribution in [1.29, 1.82) is 0 Å². The first-order chi connectivity index (χ1) is 12.9. The molecule has 0 saturated carbocycles. The molecule has 0 aliphatic heterocycles. The molecule has 0 aliphatic rings. The van der Waals surface area contributed by atoms with Crippen molar-refractivity contribution in [2.24, 2.45) is 0 Å². The van der Waals surface area contributed by atoms with Gasteiger partial charge in [-0.25, -0.2) is 0 Å². The van der Waals surface area contributed by atoms with Crippen LogP contribution in [0.25, 0.3) is 0 Å². The zero-order valence-corrected chi connectivity index (χ0v) is 18.8. The highest BCUT2D eigenvalue weighted by molar-refractivity contribution is 7.80. The first-order valence-electron chi connectivity index (χ1n) is 8.83. The van der Waals surface area contributed by atoms with Crippen molar-refractivity contribution in [1.82, 2.24) is 36.4 Å². The summed E-state index contributed by atoms with van der Waals surface area (Å²) >= 11 is 15.6. The van der Waals surface area contributed by atoms with Gasteiger partial charge in [0.1, 0.15) is 0 Å². The van der Waals surface area contributed by atoms with Crippen LogP contribution in [0.5, 0.6) is 0 Å². The fourth-order valence-corrected chi connectivity index (χ4v) is 2.53. The summed E-state index contributed by atoms with van der Waals surface area (Å²) in [4.78, 5) is 5.90. The van der Waals surface area contributed by atoms with E-state index in [1.165, 1.54) is 0 Å². The van der Waals surface area contributed by atoms with Crippen LogP contribution in [0, 0.1) is 0 Å². The van der Waals surface area contributed by atoms with Crippen molar-refractivity contribution < 1.29 is 0 Å². The molecule has 154 valence electrons. The standard InChI is InChI=1S/C17H33N7S3/c1-5-18-13-24(14-19-6-2)17(27)22-9-12-23(10-7-20-15(3)25)11-8-21-16(4)26/h5-6,18-19H,1-2,7-14H2,3-4H3,(H,20,25)(H,21,26)(H,22,27). The lowest BCUT2D eigenvalue weighted by Gasteiger charge is -2.27. The van der Waals surface area contributed by atoms with Crippen molar-refractivity contribution in [3.63, 3.8) is 0 Å². The average molecular weight is 432 g/mol. The Kier molecular flexibility index (Phi) is 15.7. The van der Waals surface area contributed by atoms with E-state index in [0.717, 1.165) is 49.2 Å². The van der Waals surface area contributed by atoms with Crippen LogP contribution in [-0.2, 0) is 0 Å². The molecule has 0 aromatic carbocycles. The second-order valence-corrected chi connectivity index (χ2v) is 7.32. The molecule has 0 aliphatic carbocycles. The predicted octanol–water partition coefficient (Wildman–Crippen LogP) is 0.720. The van der Waals surface area contributed by atoms with Crippen LogP contribution in [-0.4, -0.2) is 77.5 Å². The Hall–Kier alpha value is -1.49. The van der Waals surface area contributed by atoms with Crippen molar-refractivity contribution in [2.75, 3.05) is 52.6 Å². The van der Waals surface area contributed by atoms with Gasteiger partial charge in [-0.05, 0) is 38.5 Å². The minimum atomic E-state index is 0.565. The molecule has 0 aromatic rings. The lowest BCUT2D eigenvalue weighted by Crippen LogP contribution is -2.49. The smallest absolute Gasteiger partial charge is 0.171 e. The number of hydrogen-bond donors (Lipinski definition) is 5. The summed E-state index contributed by atoms with van der Waals surface area (Å²) in [5, 5.41) is 16.5.